The first-order valence-corrected chi connectivity index (χ1v) is 8.37. The third-order valence-corrected chi connectivity index (χ3v) is 4.63. The molecule has 3 aromatic rings. The fourth-order valence-electron chi connectivity index (χ4n) is 3.27. The minimum absolute atomic E-state index is 0.292. The molecule has 1 amide bonds. The number of imidazole rings is 1. The van der Waals surface area contributed by atoms with Gasteiger partial charge in [0.1, 0.15) is 5.52 Å². The zero-order chi connectivity index (χ0) is 17.6. The van der Waals surface area contributed by atoms with Crippen LogP contribution in [0.5, 0.6) is 0 Å². The van der Waals surface area contributed by atoms with Crippen molar-refractivity contribution in [1.29, 1.82) is 0 Å². The Morgan fingerprint density at radius 2 is 1.96 bits per heavy atom. The van der Waals surface area contributed by atoms with Crippen molar-refractivity contribution in [2.75, 3.05) is 13.1 Å². The third kappa shape index (κ3) is 2.52. The second-order valence-corrected chi connectivity index (χ2v) is 6.43. The Labute approximate surface area is 144 Å². The minimum atomic E-state index is -0.386. The SMILES string of the molecule is Cc1cccc(-c2ncc3c(n2)n(C)c(=O)n3C(=O)N2CCCC2)c1. The van der Waals surface area contributed by atoms with Gasteiger partial charge < -0.3 is 4.90 Å². The van der Waals surface area contributed by atoms with Crippen LogP contribution in [0.3, 0.4) is 0 Å². The topological polar surface area (TPSA) is 73.0 Å². The van der Waals surface area contributed by atoms with Crippen molar-refractivity contribution in [3.8, 4) is 11.4 Å². The van der Waals surface area contributed by atoms with E-state index in [9.17, 15) is 9.59 Å². The minimum Gasteiger partial charge on any atom is -0.324 e. The third-order valence-electron chi connectivity index (χ3n) is 4.63. The van der Waals surface area contributed by atoms with E-state index in [1.807, 2.05) is 31.2 Å². The number of aromatic nitrogens is 4. The van der Waals surface area contributed by atoms with Gasteiger partial charge in [-0.3, -0.25) is 4.57 Å². The molecule has 0 saturated carbocycles. The molecule has 3 heterocycles. The molecular weight excluding hydrogens is 318 g/mol. The lowest BCUT2D eigenvalue weighted by molar-refractivity contribution is 0.210. The molecular formula is C18H19N5O2. The maximum atomic E-state index is 12.7. The van der Waals surface area contributed by atoms with Crippen molar-refractivity contribution in [3.63, 3.8) is 0 Å². The van der Waals surface area contributed by atoms with E-state index in [0.29, 0.717) is 30.1 Å². The molecule has 1 fully saturated rings. The molecule has 1 aliphatic rings. The van der Waals surface area contributed by atoms with Crippen molar-refractivity contribution in [2.24, 2.45) is 7.05 Å². The van der Waals surface area contributed by atoms with Crippen LogP contribution in [-0.2, 0) is 7.05 Å². The number of rotatable bonds is 1. The Morgan fingerprint density at radius 3 is 2.68 bits per heavy atom. The Bertz CT molecular complexity index is 1030. The number of carbonyl (C=O) groups is 1. The monoisotopic (exact) mass is 337 g/mol. The van der Waals surface area contributed by atoms with Crippen LogP contribution >= 0.6 is 0 Å². The largest absolute Gasteiger partial charge is 0.338 e. The molecule has 0 atom stereocenters. The zero-order valence-corrected chi connectivity index (χ0v) is 14.3. The summed E-state index contributed by atoms with van der Waals surface area (Å²) < 4.78 is 2.59. The van der Waals surface area contributed by atoms with Crippen molar-refractivity contribution in [1.82, 2.24) is 24.0 Å². The summed E-state index contributed by atoms with van der Waals surface area (Å²) in [5, 5.41) is 0. The highest BCUT2D eigenvalue weighted by molar-refractivity contribution is 5.88. The Kier molecular flexibility index (Phi) is 3.63. The van der Waals surface area contributed by atoms with Gasteiger partial charge in [0.2, 0.25) is 0 Å². The second kappa shape index (κ2) is 5.84. The predicted octanol–water partition coefficient (Wildman–Crippen LogP) is 2.17. The second-order valence-electron chi connectivity index (χ2n) is 6.43. The van der Waals surface area contributed by atoms with E-state index >= 15 is 0 Å². The van der Waals surface area contributed by atoms with Gasteiger partial charge in [-0.2, -0.15) is 0 Å². The molecule has 1 aromatic carbocycles. The number of fused-ring (bicyclic) bond motifs is 1. The van der Waals surface area contributed by atoms with E-state index in [-0.39, 0.29) is 11.7 Å². The maximum Gasteiger partial charge on any atom is 0.338 e. The quantitative estimate of drug-likeness (QED) is 0.682. The fourth-order valence-corrected chi connectivity index (χ4v) is 3.27. The molecule has 0 bridgehead atoms. The molecule has 1 aliphatic heterocycles. The van der Waals surface area contributed by atoms with Gasteiger partial charge in [0.15, 0.2) is 11.5 Å². The van der Waals surface area contributed by atoms with Crippen LogP contribution in [0, 0.1) is 6.92 Å². The van der Waals surface area contributed by atoms with Crippen LogP contribution in [-0.4, -0.2) is 43.1 Å². The lowest BCUT2D eigenvalue weighted by atomic mass is 10.1. The maximum absolute atomic E-state index is 12.7. The summed E-state index contributed by atoms with van der Waals surface area (Å²) >= 11 is 0. The van der Waals surface area contributed by atoms with E-state index in [2.05, 4.69) is 9.97 Å². The van der Waals surface area contributed by atoms with Gasteiger partial charge in [0.05, 0.1) is 6.20 Å². The first kappa shape index (κ1) is 15.6. The van der Waals surface area contributed by atoms with Crippen molar-refractivity contribution in [3.05, 3.63) is 46.5 Å². The van der Waals surface area contributed by atoms with Gasteiger partial charge in [-0.05, 0) is 25.8 Å². The average molecular weight is 337 g/mol. The number of likely N-dealkylation sites (tertiary alicyclic amines) is 1. The van der Waals surface area contributed by atoms with Crippen LogP contribution in [0.2, 0.25) is 0 Å². The first-order valence-electron chi connectivity index (χ1n) is 8.37. The number of benzene rings is 1. The van der Waals surface area contributed by atoms with Gasteiger partial charge in [-0.1, -0.05) is 23.8 Å². The Morgan fingerprint density at radius 1 is 1.20 bits per heavy atom. The van der Waals surface area contributed by atoms with E-state index < -0.39 is 0 Å². The summed E-state index contributed by atoms with van der Waals surface area (Å²) in [6.07, 6.45) is 3.51. The van der Waals surface area contributed by atoms with Gasteiger partial charge in [0, 0.05) is 25.7 Å². The zero-order valence-electron chi connectivity index (χ0n) is 14.3. The van der Waals surface area contributed by atoms with E-state index in [4.69, 9.17) is 0 Å². The predicted molar refractivity (Wildman–Crippen MR) is 94.5 cm³/mol. The lowest BCUT2D eigenvalue weighted by Gasteiger charge is -2.14. The molecule has 1 saturated heterocycles. The molecule has 0 N–H and O–H groups in total. The van der Waals surface area contributed by atoms with Crippen LogP contribution in [0.1, 0.15) is 18.4 Å². The summed E-state index contributed by atoms with van der Waals surface area (Å²) in [7, 11) is 1.63. The number of hydrogen-bond acceptors (Lipinski definition) is 4. The summed E-state index contributed by atoms with van der Waals surface area (Å²) in [5.74, 6) is 0.539. The number of carbonyl (C=O) groups excluding carboxylic acids is 1. The van der Waals surface area contributed by atoms with Crippen molar-refractivity contribution >= 4 is 17.2 Å². The van der Waals surface area contributed by atoms with Crippen LogP contribution in [0.4, 0.5) is 4.79 Å². The molecule has 2 aromatic heterocycles. The van der Waals surface area contributed by atoms with Crippen LogP contribution in [0.15, 0.2) is 35.3 Å². The average Bonchev–Trinajstić information content (AvgIpc) is 3.23. The molecule has 0 unspecified atom stereocenters. The van der Waals surface area contributed by atoms with Crippen LogP contribution < -0.4 is 5.69 Å². The van der Waals surface area contributed by atoms with Gasteiger partial charge >= 0.3 is 11.7 Å². The van der Waals surface area contributed by atoms with Crippen molar-refractivity contribution < 1.29 is 4.79 Å². The molecule has 7 nitrogen and oxygen atoms in total. The summed E-state index contributed by atoms with van der Waals surface area (Å²) in [5.41, 5.74) is 2.51. The lowest BCUT2D eigenvalue weighted by Crippen LogP contribution is -2.38. The van der Waals surface area contributed by atoms with Crippen LogP contribution in [0.25, 0.3) is 22.6 Å². The molecule has 0 spiro atoms. The standard InChI is InChI=1S/C18H19N5O2/c1-12-6-5-7-13(10-12)15-19-11-14-16(20-15)21(2)17(24)23(14)18(25)22-8-3-4-9-22/h5-7,10-11H,3-4,8-9H2,1-2H3. The molecule has 25 heavy (non-hydrogen) atoms. The number of amides is 1. The van der Waals surface area contributed by atoms with E-state index in [1.165, 1.54) is 9.13 Å². The van der Waals surface area contributed by atoms with Gasteiger partial charge in [0.25, 0.3) is 0 Å². The van der Waals surface area contributed by atoms with E-state index in [0.717, 1.165) is 24.0 Å². The summed E-state index contributed by atoms with van der Waals surface area (Å²) in [4.78, 5) is 35.9. The Hall–Kier alpha value is -2.96. The fraction of sp³-hybridized carbons (Fsp3) is 0.333. The smallest absolute Gasteiger partial charge is 0.324 e. The number of hydrogen-bond donors (Lipinski definition) is 0. The van der Waals surface area contributed by atoms with E-state index in [1.54, 1.807) is 18.1 Å². The molecule has 4 rings (SSSR count). The highest BCUT2D eigenvalue weighted by atomic mass is 16.2. The molecule has 7 heteroatoms. The normalized spacial score (nSPS) is 14.4. The Balaban J connectivity index is 1.86. The molecule has 0 aliphatic carbocycles. The first-order chi connectivity index (χ1) is 12.1. The van der Waals surface area contributed by atoms with Gasteiger partial charge in [-0.15, -0.1) is 0 Å². The number of nitrogens with zero attached hydrogens (tertiary/aromatic N) is 5. The van der Waals surface area contributed by atoms with Gasteiger partial charge in [-0.25, -0.2) is 24.1 Å². The summed E-state index contributed by atoms with van der Waals surface area (Å²) in [6, 6.07) is 7.58. The molecule has 0 radical (unpaired) electrons. The highest BCUT2D eigenvalue weighted by Crippen LogP contribution is 2.19. The van der Waals surface area contributed by atoms with Crippen molar-refractivity contribution in [2.45, 2.75) is 19.8 Å². The molecule has 128 valence electrons. The highest BCUT2D eigenvalue weighted by Gasteiger charge is 2.25. The number of aryl methyl sites for hydroxylation is 2. The summed E-state index contributed by atoms with van der Waals surface area (Å²) in [6.45, 7) is 3.37.